The van der Waals surface area contributed by atoms with Crippen LogP contribution in [0.15, 0.2) is 48.5 Å². The van der Waals surface area contributed by atoms with Crippen molar-refractivity contribution in [3.63, 3.8) is 0 Å². The molecule has 0 saturated carbocycles. The minimum atomic E-state index is -1.10. The molecule has 0 aliphatic rings. The van der Waals surface area contributed by atoms with Gasteiger partial charge in [0, 0.05) is 0 Å². The van der Waals surface area contributed by atoms with Crippen molar-refractivity contribution in [1.29, 1.82) is 0 Å². The van der Waals surface area contributed by atoms with E-state index in [-0.39, 0.29) is 23.3 Å². The molecule has 0 bridgehead atoms. The monoisotopic (exact) mass is 327 g/mol. The molecule has 0 unspecified atom stereocenters. The third-order valence-electron chi connectivity index (χ3n) is 3.54. The van der Waals surface area contributed by atoms with Gasteiger partial charge in [0.25, 0.3) is 0 Å². The number of aromatic carboxylic acids is 1. The van der Waals surface area contributed by atoms with Crippen LogP contribution in [0, 0.1) is 0 Å². The molecule has 0 spiro atoms. The number of nitrogens with one attached hydrogen (secondary N) is 1. The first-order valence-electron chi connectivity index (χ1n) is 7.63. The molecule has 2 aromatic rings. The van der Waals surface area contributed by atoms with E-state index in [0.29, 0.717) is 0 Å². The highest BCUT2D eigenvalue weighted by atomic mass is 16.5. The summed E-state index contributed by atoms with van der Waals surface area (Å²) >= 11 is 0. The number of hydrogen-bond acceptors (Lipinski definition) is 3. The summed E-state index contributed by atoms with van der Waals surface area (Å²) in [6.07, 6.45) is -0.682. The van der Waals surface area contributed by atoms with E-state index < -0.39 is 12.1 Å². The Morgan fingerprint density at radius 3 is 2.29 bits per heavy atom. The van der Waals surface area contributed by atoms with Crippen LogP contribution in [0.1, 0.15) is 42.3 Å². The summed E-state index contributed by atoms with van der Waals surface area (Å²) < 4.78 is 5.19. The van der Waals surface area contributed by atoms with Gasteiger partial charge in [-0.1, -0.05) is 63.2 Å². The van der Waals surface area contributed by atoms with Gasteiger partial charge < -0.3 is 9.84 Å². The fraction of sp³-hybridized carbons (Fsp3) is 0.263. The Hall–Kier alpha value is -2.82. The number of carbonyl (C=O) groups is 2. The quantitative estimate of drug-likeness (QED) is 0.871. The van der Waals surface area contributed by atoms with Crippen molar-refractivity contribution in [3.05, 3.63) is 65.2 Å². The second-order valence-electron chi connectivity index (χ2n) is 6.47. The summed E-state index contributed by atoms with van der Waals surface area (Å²) in [6, 6.07) is 14.2. The van der Waals surface area contributed by atoms with Crippen molar-refractivity contribution < 1.29 is 19.4 Å². The maximum atomic E-state index is 12.1. The van der Waals surface area contributed by atoms with Gasteiger partial charge >= 0.3 is 12.1 Å². The van der Waals surface area contributed by atoms with Gasteiger partial charge in [0.2, 0.25) is 0 Å². The van der Waals surface area contributed by atoms with Gasteiger partial charge in [0.15, 0.2) is 0 Å². The largest absolute Gasteiger partial charge is 0.478 e. The number of amides is 1. The smallest absolute Gasteiger partial charge is 0.411 e. The minimum Gasteiger partial charge on any atom is -0.478 e. The van der Waals surface area contributed by atoms with E-state index >= 15 is 0 Å². The summed E-state index contributed by atoms with van der Waals surface area (Å²) in [5.74, 6) is -1.10. The Balaban J connectivity index is 2.21. The van der Waals surface area contributed by atoms with Gasteiger partial charge in [-0.25, -0.2) is 9.59 Å². The second kappa shape index (κ2) is 7.17. The van der Waals surface area contributed by atoms with Gasteiger partial charge in [0.05, 0.1) is 11.3 Å². The predicted molar refractivity (Wildman–Crippen MR) is 92.4 cm³/mol. The molecule has 2 rings (SSSR count). The van der Waals surface area contributed by atoms with E-state index in [2.05, 4.69) is 5.32 Å². The molecule has 2 aromatic carbocycles. The van der Waals surface area contributed by atoms with E-state index in [1.54, 1.807) is 12.1 Å². The predicted octanol–water partition coefficient (Wildman–Crippen LogP) is 4.43. The Labute approximate surface area is 141 Å². The number of carboxylic acids is 1. The molecule has 2 N–H and O–H groups in total. The molecule has 0 radical (unpaired) electrons. The van der Waals surface area contributed by atoms with Crippen LogP contribution in [0.3, 0.4) is 0 Å². The highest BCUT2D eigenvalue weighted by Gasteiger charge is 2.24. The van der Waals surface area contributed by atoms with Crippen molar-refractivity contribution >= 4 is 17.7 Å². The molecule has 5 heteroatoms. The Morgan fingerprint density at radius 1 is 1.04 bits per heavy atom. The van der Waals surface area contributed by atoms with Crippen molar-refractivity contribution in [2.75, 3.05) is 5.32 Å². The molecule has 0 aromatic heterocycles. The standard InChI is InChI=1S/C19H21NO4/c1-19(2,3)15-11-7-10-14(17(21)22)16(15)20-18(23)24-12-13-8-5-4-6-9-13/h4-11H,12H2,1-3H3,(H,20,23)(H,21,22). The Morgan fingerprint density at radius 2 is 1.71 bits per heavy atom. The molecule has 0 atom stereocenters. The fourth-order valence-corrected chi connectivity index (χ4v) is 2.35. The first-order valence-corrected chi connectivity index (χ1v) is 7.63. The summed E-state index contributed by atoms with van der Waals surface area (Å²) in [7, 11) is 0. The number of anilines is 1. The number of carboxylic acid groups (broad SMARTS) is 1. The summed E-state index contributed by atoms with van der Waals surface area (Å²) in [5.41, 5.74) is 1.58. The van der Waals surface area contributed by atoms with E-state index in [1.807, 2.05) is 51.1 Å². The maximum Gasteiger partial charge on any atom is 0.411 e. The normalized spacial score (nSPS) is 11.0. The molecular formula is C19H21NO4. The fourth-order valence-electron chi connectivity index (χ4n) is 2.35. The van der Waals surface area contributed by atoms with Gasteiger partial charge in [-0.15, -0.1) is 0 Å². The van der Waals surface area contributed by atoms with E-state index in [1.165, 1.54) is 6.07 Å². The maximum absolute atomic E-state index is 12.1. The molecule has 126 valence electrons. The molecule has 0 fully saturated rings. The van der Waals surface area contributed by atoms with Gasteiger partial charge in [0.1, 0.15) is 6.61 Å². The highest BCUT2D eigenvalue weighted by molar-refractivity contribution is 6.00. The van der Waals surface area contributed by atoms with Crippen LogP contribution in [0.25, 0.3) is 0 Å². The zero-order chi connectivity index (χ0) is 17.7. The third-order valence-corrected chi connectivity index (χ3v) is 3.54. The van der Waals surface area contributed by atoms with Crippen molar-refractivity contribution in [3.8, 4) is 0 Å². The summed E-state index contributed by atoms with van der Waals surface area (Å²) in [6.45, 7) is 5.98. The van der Waals surface area contributed by atoms with E-state index in [9.17, 15) is 14.7 Å². The number of benzene rings is 2. The first-order chi connectivity index (χ1) is 11.3. The van der Waals surface area contributed by atoms with Gasteiger partial charge in [-0.2, -0.15) is 0 Å². The third kappa shape index (κ3) is 4.35. The highest BCUT2D eigenvalue weighted by Crippen LogP contribution is 2.32. The lowest BCUT2D eigenvalue weighted by molar-refractivity contribution is 0.0698. The van der Waals surface area contributed by atoms with Gasteiger partial charge in [-0.05, 0) is 22.6 Å². The number of hydrogen-bond donors (Lipinski definition) is 2. The summed E-state index contributed by atoms with van der Waals surface area (Å²) in [5, 5.41) is 12.0. The number of rotatable bonds is 4. The van der Waals surface area contributed by atoms with Crippen LogP contribution >= 0.6 is 0 Å². The lowest BCUT2D eigenvalue weighted by atomic mass is 9.84. The summed E-state index contributed by atoms with van der Waals surface area (Å²) in [4.78, 5) is 23.6. The molecule has 0 aliphatic heterocycles. The molecular weight excluding hydrogens is 306 g/mol. The van der Waals surface area contributed by atoms with Crippen LogP contribution in [0.5, 0.6) is 0 Å². The average molecular weight is 327 g/mol. The first kappa shape index (κ1) is 17.5. The van der Waals surface area contributed by atoms with Crippen LogP contribution in [0.2, 0.25) is 0 Å². The van der Waals surface area contributed by atoms with Crippen LogP contribution in [-0.4, -0.2) is 17.2 Å². The molecule has 0 saturated heterocycles. The van der Waals surface area contributed by atoms with Crippen LogP contribution < -0.4 is 5.32 Å². The number of para-hydroxylation sites is 1. The zero-order valence-electron chi connectivity index (χ0n) is 14.0. The number of ether oxygens (including phenoxy) is 1. The minimum absolute atomic E-state index is 0.0408. The van der Waals surface area contributed by atoms with Crippen molar-refractivity contribution in [2.45, 2.75) is 32.8 Å². The lowest BCUT2D eigenvalue weighted by Crippen LogP contribution is -2.22. The molecule has 0 heterocycles. The number of carbonyl (C=O) groups excluding carboxylic acids is 1. The van der Waals surface area contributed by atoms with E-state index in [4.69, 9.17) is 4.74 Å². The SMILES string of the molecule is CC(C)(C)c1cccc(C(=O)O)c1NC(=O)OCc1ccccc1. The van der Waals surface area contributed by atoms with Crippen molar-refractivity contribution in [1.82, 2.24) is 0 Å². The zero-order valence-corrected chi connectivity index (χ0v) is 14.0. The molecule has 0 aliphatic carbocycles. The molecule has 5 nitrogen and oxygen atoms in total. The molecule has 1 amide bonds. The Kier molecular flexibility index (Phi) is 5.24. The second-order valence-corrected chi connectivity index (χ2v) is 6.47. The Bertz CT molecular complexity index is 733. The molecule has 24 heavy (non-hydrogen) atoms. The topological polar surface area (TPSA) is 75.6 Å². The van der Waals surface area contributed by atoms with E-state index in [0.717, 1.165) is 11.1 Å². The van der Waals surface area contributed by atoms with Gasteiger partial charge in [-0.3, -0.25) is 5.32 Å². The lowest BCUT2D eigenvalue weighted by Gasteiger charge is -2.24. The van der Waals surface area contributed by atoms with Crippen LogP contribution in [-0.2, 0) is 16.8 Å². The van der Waals surface area contributed by atoms with Crippen LogP contribution in [0.4, 0.5) is 10.5 Å². The van der Waals surface area contributed by atoms with Crippen molar-refractivity contribution in [2.24, 2.45) is 0 Å². The average Bonchev–Trinajstić information content (AvgIpc) is 2.53.